The first-order chi connectivity index (χ1) is 12.0. The van der Waals surface area contributed by atoms with E-state index in [1.807, 2.05) is 38.1 Å². The lowest BCUT2D eigenvalue weighted by Crippen LogP contribution is -2.63. The monoisotopic (exact) mass is 349 g/mol. The van der Waals surface area contributed by atoms with Crippen molar-refractivity contribution < 1.29 is 19.1 Å². The van der Waals surface area contributed by atoms with E-state index in [-0.39, 0.29) is 36.5 Å². The van der Waals surface area contributed by atoms with Crippen LogP contribution in [-0.2, 0) is 14.3 Å². The van der Waals surface area contributed by atoms with Crippen LogP contribution in [0.4, 0.5) is 5.69 Å². The third kappa shape index (κ3) is 5.63. The summed E-state index contributed by atoms with van der Waals surface area (Å²) >= 11 is 0. The average molecular weight is 349 g/mol. The second kappa shape index (κ2) is 9.27. The maximum absolute atomic E-state index is 12.4. The van der Waals surface area contributed by atoms with E-state index in [4.69, 9.17) is 9.47 Å². The van der Waals surface area contributed by atoms with Gasteiger partial charge in [0.15, 0.2) is 6.29 Å². The van der Waals surface area contributed by atoms with E-state index in [2.05, 4.69) is 16.0 Å². The number of amides is 1. The molecule has 138 valence electrons. The van der Waals surface area contributed by atoms with Gasteiger partial charge in [-0.2, -0.15) is 0 Å². The summed E-state index contributed by atoms with van der Waals surface area (Å²) in [4.78, 5) is 23.8. The maximum Gasteiger partial charge on any atom is 0.305 e. The highest BCUT2D eigenvalue weighted by molar-refractivity contribution is 5.81. The molecule has 1 aliphatic rings. The lowest BCUT2D eigenvalue weighted by Gasteiger charge is -2.36. The van der Waals surface area contributed by atoms with Gasteiger partial charge in [0.2, 0.25) is 5.91 Å². The Bertz CT molecular complexity index is 576. The van der Waals surface area contributed by atoms with Gasteiger partial charge >= 0.3 is 5.97 Å². The van der Waals surface area contributed by atoms with Crippen molar-refractivity contribution in [1.82, 2.24) is 10.6 Å². The van der Waals surface area contributed by atoms with E-state index in [0.717, 1.165) is 11.4 Å². The number of carbonyl (C=O) groups is 2. The van der Waals surface area contributed by atoms with Crippen molar-refractivity contribution in [3.63, 3.8) is 0 Å². The van der Waals surface area contributed by atoms with E-state index >= 15 is 0 Å². The van der Waals surface area contributed by atoms with Crippen LogP contribution in [0, 0.1) is 5.92 Å². The van der Waals surface area contributed by atoms with Crippen LogP contribution in [0.25, 0.3) is 0 Å². The van der Waals surface area contributed by atoms with Crippen LogP contribution in [0.2, 0.25) is 0 Å². The van der Waals surface area contributed by atoms with Crippen molar-refractivity contribution in [3.05, 3.63) is 24.3 Å². The number of hydrogen-bond donors (Lipinski definition) is 3. The summed E-state index contributed by atoms with van der Waals surface area (Å²) in [5.41, 5.74) is 0.874. The minimum atomic E-state index is -0.362. The minimum Gasteiger partial charge on any atom is -0.494 e. The van der Waals surface area contributed by atoms with Crippen molar-refractivity contribution in [2.75, 3.05) is 18.5 Å². The molecule has 3 unspecified atom stereocenters. The Labute approximate surface area is 148 Å². The summed E-state index contributed by atoms with van der Waals surface area (Å²) in [6, 6.07) is 7.50. The molecule has 0 spiro atoms. The molecule has 0 saturated carbocycles. The Hall–Kier alpha value is -2.28. The lowest BCUT2D eigenvalue weighted by atomic mass is 9.93. The third-order valence-electron chi connectivity index (χ3n) is 4.10. The topological polar surface area (TPSA) is 88.7 Å². The van der Waals surface area contributed by atoms with Crippen LogP contribution in [0.15, 0.2) is 24.3 Å². The molecule has 1 fully saturated rings. The first-order valence-corrected chi connectivity index (χ1v) is 8.75. The average Bonchev–Trinajstić information content (AvgIpc) is 2.56. The van der Waals surface area contributed by atoms with Crippen molar-refractivity contribution in [3.8, 4) is 5.75 Å². The number of carbonyl (C=O) groups excluding carboxylic acids is 2. The SMILES string of the molecule is CCOC(=O)CCC1C(=O)NC(Nc2ccc(OCC)cc2)NC1C. The summed E-state index contributed by atoms with van der Waals surface area (Å²) in [6.07, 6.45) is 0.350. The molecule has 1 aromatic carbocycles. The quantitative estimate of drug-likeness (QED) is 0.621. The van der Waals surface area contributed by atoms with Gasteiger partial charge in [0.1, 0.15) is 5.75 Å². The van der Waals surface area contributed by atoms with Crippen LogP contribution in [0.5, 0.6) is 5.75 Å². The van der Waals surface area contributed by atoms with Gasteiger partial charge in [-0.3, -0.25) is 14.9 Å². The Balaban J connectivity index is 1.86. The molecule has 3 atom stereocenters. The molecule has 1 aromatic rings. The number of anilines is 1. The van der Waals surface area contributed by atoms with Crippen molar-refractivity contribution in [1.29, 1.82) is 0 Å². The maximum atomic E-state index is 12.4. The Morgan fingerprint density at radius 3 is 2.52 bits per heavy atom. The molecule has 0 radical (unpaired) electrons. The number of nitrogens with one attached hydrogen (secondary N) is 3. The molecule has 25 heavy (non-hydrogen) atoms. The Morgan fingerprint density at radius 2 is 1.92 bits per heavy atom. The first kappa shape index (κ1) is 19.1. The second-order valence-corrected chi connectivity index (χ2v) is 5.95. The highest BCUT2D eigenvalue weighted by Gasteiger charge is 2.33. The molecule has 7 nitrogen and oxygen atoms in total. The van der Waals surface area contributed by atoms with E-state index in [1.165, 1.54) is 0 Å². The summed E-state index contributed by atoms with van der Waals surface area (Å²) in [5.74, 6) is 0.208. The van der Waals surface area contributed by atoms with Gasteiger partial charge in [0.05, 0.1) is 19.1 Å². The molecule has 1 amide bonds. The fraction of sp³-hybridized carbons (Fsp3) is 0.556. The number of hydrogen-bond acceptors (Lipinski definition) is 6. The number of rotatable bonds is 8. The zero-order valence-electron chi connectivity index (χ0n) is 15.0. The summed E-state index contributed by atoms with van der Waals surface area (Å²) in [5, 5.41) is 9.44. The van der Waals surface area contributed by atoms with Gasteiger partial charge in [0, 0.05) is 18.2 Å². The van der Waals surface area contributed by atoms with Crippen LogP contribution >= 0.6 is 0 Å². The predicted octanol–water partition coefficient (Wildman–Crippen LogP) is 1.85. The van der Waals surface area contributed by atoms with Gasteiger partial charge in [0.25, 0.3) is 0 Å². The minimum absolute atomic E-state index is 0.0524. The first-order valence-electron chi connectivity index (χ1n) is 8.75. The fourth-order valence-corrected chi connectivity index (χ4v) is 2.84. The van der Waals surface area contributed by atoms with Gasteiger partial charge in [-0.15, -0.1) is 0 Å². The van der Waals surface area contributed by atoms with Gasteiger partial charge in [-0.1, -0.05) is 0 Å². The van der Waals surface area contributed by atoms with Gasteiger partial charge in [-0.25, -0.2) is 0 Å². The van der Waals surface area contributed by atoms with Crippen molar-refractivity contribution >= 4 is 17.6 Å². The molecule has 2 rings (SSSR count). The van der Waals surface area contributed by atoms with E-state index in [9.17, 15) is 9.59 Å². The number of benzene rings is 1. The zero-order chi connectivity index (χ0) is 18.2. The second-order valence-electron chi connectivity index (χ2n) is 5.95. The smallest absolute Gasteiger partial charge is 0.305 e. The van der Waals surface area contributed by atoms with Crippen molar-refractivity contribution in [2.24, 2.45) is 5.92 Å². The van der Waals surface area contributed by atoms with Crippen LogP contribution < -0.4 is 20.7 Å². The fourth-order valence-electron chi connectivity index (χ4n) is 2.84. The normalized spacial score (nSPS) is 22.8. The number of ether oxygens (including phenoxy) is 2. The van der Waals surface area contributed by atoms with Crippen LogP contribution in [-0.4, -0.2) is 37.4 Å². The molecule has 0 bridgehead atoms. The third-order valence-corrected chi connectivity index (χ3v) is 4.10. The largest absolute Gasteiger partial charge is 0.494 e. The molecule has 1 heterocycles. The molecule has 7 heteroatoms. The van der Waals surface area contributed by atoms with E-state index < -0.39 is 0 Å². The molecule has 1 saturated heterocycles. The van der Waals surface area contributed by atoms with Crippen LogP contribution in [0.3, 0.4) is 0 Å². The van der Waals surface area contributed by atoms with Crippen molar-refractivity contribution in [2.45, 2.75) is 45.9 Å². The standard InChI is InChI=1S/C18H27N3O4/c1-4-24-14-8-6-13(7-9-14)20-18-19-12(3)15(17(23)21-18)10-11-16(22)25-5-2/h6-9,12,15,18-20H,4-5,10-11H2,1-3H3,(H,21,23). The number of esters is 1. The predicted molar refractivity (Wildman–Crippen MR) is 95.1 cm³/mol. The molecule has 1 aliphatic heterocycles. The summed E-state index contributed by atoms with van der Waals surface area (Å²) < 4.78 is 10.3. The molecule has 3 N–H and O–H groups in total. The van der Waals surface area contributed by atoms with E-state index in [1.54, 1.807) is 6.92 Å². The Morgan fingerprint density at radius 1 is 1.20 bits per heavy atom. The zero-order valence-corrected chi connectivity index (χ0v) is 15.0. The summed E-state index contributed by atoms with van der Waals surface area (Å²) in [6.45, 7) is 6.64. The highest BCUT2D eigenvalue weighted by atomic mass is 16.5. The Kier molecular flexibility index (Phi) is 7.06. The van der Waals surface area contributed by atoms with Crippen LogP contribution in [0.1, 0.15) is 33.6 Å². The molecule has 0 aromatic heterocycles. The summed E-state index contributed by atoms with van der Waals surface area (Å²) in [7, 11) is 0. The molecular weight excluding hydrogens is 322 g/mol. The van der Waals surface area contributed by atoms with Gasteiger partial charge < -0.3 is 20.1 Å². The lowest BCUT2D eigenvalue weighted by molar-refractivity contribution is -0.143. The molecular formula is C18H27N3O4. The molecule has 0 aliphatic carbocycles. The highest BCUT2D eigenvalue weighted by Crippen LogP contribution is 2.19. The van der Waals surface area contributed by atoms with E-state index in [0.29, 0.717) is 19.6 Å². The van der Waals surface area contributed by atoms with Gasteiger partial charge in [-0.05, 0) is 51.5 Å².